The average Bonchev–Trinajstić information content (AvgIpc) is 2.84. The smallest absolute Gasteiger partial charge is 0.341 e. The molecule has 33 heavy (non-hydrogen) atoms. The van der Waals surface area contributed by atoms with Gasteiger partial charge in [0.05, 0.1) is 0 Å². The lowest BCUT2D eigenvalue weighted by molar-refractivity contribution is -0.139. The van der Waals surface area contributed by atoms with Crippen molar-refractivity contribution in [1.82, 2.24) is 5.48 Å². The number of ether oxygens (including phenoxy) is 1. The van der Waals surface area contributed by atoms with Crippen molar-refractivity contribution >= 4 is 5.97 Å². The maximum absolute atomic E-state index is 10.9. The summed E-state index contributed by atoms with van der Waals surface area (Å²) in [7, 11) is 0. The molecule has 5 nitrogen and oxygen atoms in total. The molecule has 0 aromatic heterocycles. The molecule has 2 atom stereocenters. The van der Waals surface area contributed by atoms with Crippen LogP contribution in [0.1, 0.15) is 68.2 Å². The fourth-order valence-electron chi connectivity index (χ4n) is 5.28. The van der Waals surface area contributed by atoms with Crippen LogP contribution in [0.3, 0.4) is 0 Å². The Bertz CT molecular complexity index is 950. The molecule has 0 radical (unpaired) electrons. The van der Waals surface area contributed by atoms with Gasteiger partial charge in [0.2, 0.25) is 0 Å². The highest BCUT2D eigenvalue weighted by atomic mass is 16.7. The van der Waals surface area contributed by atoms with Crippen LogP contribution in [0.4, 0.5) is 0 Å². The molecule has 0 heterocycles. The lowest BCUT2D eigenvalue weighted by Gasteiger charge is -2.31. The van der Waals surface area contributed by atoms with E-state index in [0.29, 0.717) is 17.6 Å². The molecule has 0 bridgehead atoms. The number of hydrogen-bond donors (Lipinski definition) is 2. The van der Waals surface area contributed by atoms with E-state index in [-0.39, 0.29) is 12.7 Å². The molecule has 0 aliphatic heterocycles. The van der Waals surface area contributed by atoms with E-state index in [2.05, 4.69) is 54.9 Å². The molecule has 2 N–H and O–H groups in total. The first-order valence-electron chi connectivity index (χ1n) is 12.2. The van der Waals surface area contributed by atoms with Crippen LogP contribution >= 0.6 is 0 Å². The molecule has 2 unspecified atom stereocenters. The van der Waals surface area contributed by atoms with Gasteiger partial charge in [-0.25, -0.2) is 4.79 Å². The van der Waals surface area contributed by atoms with E-state index in [0.717, 1.165) is 30.5 Å². The minimum Gasteiger partial charge on any atom is -0.482 e. The summed E-state index contributed by atoms with van der Waals surface area (Å²) in [6.45, 7) is 1.77. The molecule has 5 heteroatoms. The van der Waals surface area contributed by atoms with Crippen molar-refractivity contribution in [3.63, 3.8) is 0 Å². The Morgan fingerprint density at radius 2 is 1.88 bits per heavy atom. The fraction of sp³-hybridized carbons (Fsp3) is 0.464. The maximum atomic E-state index is 10.9. The van der Waals surface area contributed by atoms with Crippen LogP contribution in [0.15, 0.2) is 60.3 Å². The number of carboxylic acid groups (broad SMARTS) is 1. The van der Waals surface area contributed by atoms with Crippen LogP contribution in [0, 0.1) is 11.8 Å². The predicted octanol–water partition coefficient (Wildman–Crippen LogP) is 6.00. The van der Waals surface area contributed by atoms with E-state index in [1.165, 1.54) is 43.2 Å². The van der Waals surface area contributed by atoms with Gasteiger partial charge >= 0.3 is 5.97 Å². The lowest BCUT2D eigenvalue weighted by Crippen LogP contribution is -2.25. The number of benzene rings is 2. The van der Waals surface area contributed by atoms with E-state index in [9.17, 15) is 4.79 Å². The molecular formula is C28H35NO4. The molecule has 4 rings (SSSR count). The molecule has 1 fully saturated rings. The SMILES string of the molecule is CC(=CC1CCc2c(cccc2OCC(=O)O)C1)NOC(c1ccccc1)C1CCCCC1. The summed E-state index contributed by atoms with van der Waals surface area (Å²) in [5.74, 6) is 0.710. The van der Waals surface area contributed by atoms with Gasteiger partial charge in [-0.15, -0.1) is 0 Å². The van der Waals surface area contributed by atoms with Crippen molar-refractivity contribution in [3.05, 3.63) is 77.0 Å². The Balaban J connectivity index is 1.38. The zero-order valence-corrected chi connectivity index (χ0v) is 19.5. The Morgan fingerprint density at radius 3 is 2.64 bits per heavy atom. The second-order valence-corrected chi connectivity index (χ2v) is 9.38. The molecule has 0 saturated heterocycles. The normalized spacial score (nSPS) is 20.0. The first-order chi connectivity index (χ1) is 16.1. The number of allylic oxidation sites excluding steroid dienone is 2. The van der Waals surface area contributed by atoms with Gasteiger partial charge in [-0.05, 0) is 73.6 Å². The van der Waals surface area contributed by atoms with E-state index < -0.39 is 5.97 Å². The highest BCUT2D eigenvalue weighted by Crippen LogP contribution is 2.37. The number of carbonyl (C=O) groups is 1. The predicted molar refractivity (Wildman–Crippen MR) is 129 cm³/mol. The number of nitrogens with one attached hydrogen (secondary N) is 1. The van der Waals surface area contributed by atoms with Gasteiger partial charge in [-0.2, -0.15) is 0 Å². The van der Waals surface area contributed by atoms with Gasteiger partial charge in [0.1, 0.15) is 11.9 Å². The van der Waals surface area contributed by atoms with Crippen LogP contribution in [0.5, 0.6) is 5.75 Å². The second-order valence-electron chi connectivity index (χ2n) is 9.38. The average molecular weight is 450 g/mol. The molecular weight excluding hydrogens is 414 g/mol. The van der Waals surface area contributed by atoms with Gasteiger partial charge in [0, 0.05) is 5.70 Å². The highest BCUT2D eigenvalue weighted by molar-refractivity contribution is 5.68. The highest BCUT2D eigenvalue weighted by Gasteiger charge is 2.27. The lowest BCUT2D eigenvalue weighted by atomic mass is 9.82. The molecule has 2 aliphatic rings. The van der Waals surface area contributed by atoms with Crippen LogP contribution < -0.4 is 10.2 Å². The van der Waals surface area contributed by atoms with Crippen LogP contribution in [-0.2, 0) is 22.5 Å². The van der Waals surface area contributed by atoms with Crippen molar-refractivity contribution in [2.24, 2.45) is 11.8 Å². The minimum atomic E-state index is -0.951. The molecule has 2 aromatic rings. The monoisotopic (exact) mass is 449 g/mol. The zero-order valence-electron chi connectivity index (χ0n) is 19.5. The fourth-order valence-corrected chi connectivity index (χ4v) is 5.28. The van der Waals surface area contributed by atoms with Crippen molar-refractivity contribution in [2.75, 3.05) is 6.61 Å². The first-order valence-corrected chi connectivity index (χ1v) is 12.2. The maximum Gasteiger partial charge on any atom is 0.341 e. The Labute approximate surface area is 196 Å². The van der Waals surface area contributed by atoms with E-state index >= 15 is 0 Å². The summed E-state index contributed by atoms with van der Waals surface area (Å²) >= 11 is 0. The van der Waals surface area contributed by atoms with Crippen LogP contribution in [-0.4, -0.2) is 17.7 Å². The Morgan fingerprint density at radius 1 is 1.09 bits per heavy atom. The largest absolute Gasteiger partial charge is 0.482 e. The standard InChI is InChI=1S/C28H35NO4/c1-20(29-33-28(22-9-4-2-5-10-22)23-11-6-3-7-12-23)17-21-15-16-25-24(18-21)13-8-14-26(25)32-19-27(30)31/h2,4-5,8-10,13-14,17,21,23,28-29H,3,6-7,11-12,15-16,18-19H2,1H3,(H,30,31). The number of hydroxylamine groups is 1. The van der Waals surface area contributed by atoms with Crippen LogP contribution in [0.2, 0.25) is 0 Å². The van der Waals surface area contributed by atoms with Crippen molar-refractivity contribution in [2.45, 2.75) is 64.4 Å². The molecule has 2 aromatic carbocycles. The van der Waals surface area contributed by atoms with Gasteiger partial charge < -0.3 is 9.84 Å². The summed E-state index contributed by atoms with van der Waals surface area (Å²) < 4.78 is 5.50. The van der Waals surface area contributed by atoms with Crippen molar-refractivity contribution in [3.8, 4) is 5.75 Å². The third-order valence-electron chi connectivity index (χ3n) is 6.87. The Kier molecular flexibility index (Phi) is 8.05. The number of aliphatic carboxylic acids is 1. The third-order valence-corrected chi connectivity index (χ3v) is 6.87. The minimum absolute atomic E-state index is 0.0656. The summed E-state index contributed by atoms with van der Waals surface area (Å²) in [4.78, 5) is 17.2. The third kappa shape index (κ3) is 6.38. The number of rotatable bonds is 9. The quantitative estimate of drug-likeness (QED) is 0.460. The van der Waals surface area contributed by atoms with Gasteiger partial charge in [-0.1, -0.05) is 67.8 Å². The molecule has 176 valence electrons. The summed E-state index contributed by atoms with van der Waals surface area (Å²) in [5, 5.41) is 8.91. The molecule has 0 spiro atoms. The summed E-state index contributed by atoms with van der Waals surface area (Å²) in [6.07, 6.45) is 11.5. The first kappa shape index (κ1) is 23.4. The molecule has 1 saturated carbocycles. The van der Waals surface area contributed by atoms with Gasteiger partial charge in [0.25, 0.3) is 0 Å². The zero-order chi connectivity index (χ0) is 23.0. The Hall–Kier alpha value is -2.79. The summed E-state index contributed by atoms with van der Waals surface area (Å²) in [5.41, 5.74) is 7.93. The second kappa shape index (κ2) is 11.4. The van der Waals surface area contributed by atoms with Crippen molar-refractivity contribution in [1.29, 1.82) is 0 Å². The topological polar surface area (TPSA) is 67.8 Å². The summed E-state index contributed by atoms with van der Waals surface area (Å²) in [6, 6.07) is 16.5. The number of carboxylic acids is 1. The van der Waals surface area contributed by atoms with Crippen molar-refractivity contribution < 1.29 is 19.5 Å². The van der Waals surface area contributed by atoms with Crippen LogP contribution in [0.25, 0.3) is 0 Å². The molecule has 0 amide bonds. The number of hydrogen-bond acceptors (Lipinski definition) is 4. The van der Waals surface area contributed by atoms with E-state index in [4.69, 9.17) is 14.7 Å². The van der Waals surface area contributed by atoms with E-state index in [1.54, 1.807) is 0 Å². The van der Waals surface area contributed by atoms with Gasteiger partial charge in [0.15, 0.2) is 6.61 Å². The number of fused-ring (bicyclic) bond motifs is 1. The van der Waals surface area contributed by atoms with Gasteiger partial charge in [-0.3, -0.25) is 10.3 Å². The molecule has 2 aliphatic carbocycles. The van der Waals surface area contributed by atoms with E-state index in [1.807, 2.05) is 12.1 Å².